The smallest absolute Gasteiger partial charge is 0.0591 e. The van der Waals surface area contributed by atoms with Crippen LogP contribution in [0.2, 0.25) is 0 Å². The van der Waals surface area contributed by atoms with Crippen LogP contribution in [-0.4, -0.2) is 13.1 Å². The van der Waals surface area contributed by atoms with Crippen molar-refractivity contribution in [2.45, 2.75) is 20.8 Å². The Morgan fingerprint density at radius 2 is 1.22 bits per heavy atom. The Morgan fingerprint density at radius 3 is 1.70 bits per heavy atom. The normalized spacial score (nSPS) is 10.7. The summed E-state index contributed by atoms with van der Waals surface area (Å²) in [6.45, 7) is 8.79. The second-order valence-electron chi connectivity index (χ2n) is 5.64. The Balaban J connectivity index is 2.22. The number of hydrogen-bond donors (Lipinski definition) is 0. The molecule has 0 aliphatic heterocycles. The molecule has 0 saturated heterocycles. The lowest BCUT2D eigenvalue weighted by Gasteiger charge is -2.23. The molecule has 118 valence electrons. The fourth-order valence-corrected chi connectivity index (χ4v) is 4.42. The Hall–Kier alpha value is -2.06. The van der Waals surface area contributed by atoms with Gasteiger partial charge in [0, 0.05) is 18.0 Å². The molecule has 0 saturated carbocycles. The third-order valence-electron chi connectivity index (χ3n) is 4.27. The van der Waals surface area contributed by atoms with Crippen LogP contribution in [0.3, 0.4) is 0 Å². The van der Waals surface area contributed by atoms with Crippen LogP contribution < -0.4 is 4.90 Å². The van der Waals surface area contributed by atoms with Gasteiger partial charge in [-0.25, -0.2) is 0 Å². The van der Waals surface area contributed by atoms with E-state index in [1.807, 2.05) is 11.3 Å². The van der Waals surface area contributed by atoms with Crippen LogP contribution in [0.5, 0.6) is 0 Å². The fraction of sp³-hybridized carbons (Fsp3) is 0.238. The first kappa shape index (κ1) is 15.8. The number of anilines is 1. The number of benzene rings is 2. The quantitative estimate of drug-likeness (QED) is 0.538. The Labute approximate surface area is 143 Å². The van der Waals surface area contributed by atoms with Gasteiger partial charge in [-0.2, -0.15) is 0 Å². The molecule has 0 aliphatic carbocycles. The predicted octanol–water partition coefficient (Wildman–Crippen LogP) is 6.24. The van der Waals surface area contributed by atoms with Crippen molar-refractivity contribution in [3.8, 4) is 20.9 Å². The lowest BCUT2D eigenvalue weighted by Crippen LogP contribution is -2.22. The van der Waals surface area contributed by atoms with E-state index in [9.17, 15) is 0 Å². The molecule has 0 fully saturated rings. The van der Waals surface area contributed by atoms with Crippen molar-refractivity contribution in [2.24, 2.45) is 0 Å². The number of rotatable bonds is 5. The van der Waals surface area contributed by atoms with Crippen molar-refractivity contribution in [3.05, 3.63) is 66.2 Å². The van der Waals surface area contributed by atoms with Gasteiger partial charge in [0.25, 0.3) is 0 Å². The standard InChI is InChI=1S/C21H23NS/c1-4-22(5-2)19-16(3)20(17-12-8-6-9-13-17)23-21(19)18-14-10-7-11-15-18/h6-15H,4-5H2,1-3H3. The largest absolute Gasteiger partial charge is 0.371 e. The summed E-state index contributed by atoms with van der Waals surface area (Å²) in [7, 11) is 0. The molecule has 1 nitrogen and oxygen atoms in total. The van der Waals surface area contributed by atoms with E-state index >= 15 is 0 Å². The molecule has 2 aromatic carbocycles. The van der Waals surface area contributed by atoms with E-state index in [4.69, 9.17) is 0 Å². The van der Waals surface area contributed by atoms with Gasteiger partial charge in [0.15, 0.2) is 0 Å². The minimum atomic E-state index is 1.03. The highest BCUT2D eigenvalue weighted by atomic mass is 32.1. The summed E-state index contributed by atoms with van der Waals surface area (Å²) in [4.78, 5) is 5.23. The third-order valence-corrected chi connectivity index (χ3v) is 5.65. The monoisotopic (exact) mass is 321 g/mol. The zero-order valence-corrected chi connectivity index (χ0v) is 14.9. The average molecular weight is 321 g/mol. The van der Waals surface area contributed by atoms with Crippen molar-refractivity contribution >= 4 is 17.0 Å². The van der Waals surface area contributed by atoms with Crippen molar-refractivity contribution < 1.29 is 0 Å². The minimum Gasteiger partial charge on any atom is -0.371 e. The average Bonchev–Trinajstić information content (AvgIpc) is 2.95. The molecule has 0 N–H and O–H groups in total. The second-order valence-corrected chi connectivity index (χ2v) is 6.66. The first-order valence-corrected chi connectivity index (χ1v) is 9.07. The van der Waals surface area contributed by atoms with E-state index in [2.05, 4.69) is 86.3 Å². The third kappa shape index (κ3) is 3.04. The van der Waals surface area contributed by atoms with E-state index in [0.717, 1.165) is 13.1 Å². The molecule has 1 aromatic heterocycles. The van der Waals surface area contributed by atoms with Crippen molar-refractivity contribution in [2.75, 3.05) is 18.0 Å². The molecule has 0 radical (unpaired) electrons. The molecule has 3 rings (SSSR count). The van der Waals surface area contributed by atoms with Gasteiger partial charge >= 0.3 is 0 Å². The van der Waals surface area contributed by atoms with E-state index in [-0.39, 0.29) is 0 Å². The van der Waals surface area contributed by atoms with E-state index in [0.29, 0.717) is 0 Å². The zero-order chi connectivity index (χ0) is 16.2. The maximum atomic E-state index is 2.47. The van der Waals surface area contributed by atoms with Crippen molar-refractivity contribution in [1.29, 1.82) is 0 Å². The maximum absolute atomic E-state index is 2.47. The molecule has 0 spiro atoms. The van der Waals surface area contributed by atoms with Crippen molar-refractivity contribution in [3.63, 3.8) is 0 Å². The molecule has 1 heterocycles. The minimum absolute atomic E-state index is 1.03. The van der Waals surface area contributed by atoms with Crippen LogP contribution in [0.1, 0.15) is 19.4 Å². The van der Waals surface area contributed by atoms with Crippen LogP contribution in [0.4, 0.5) is 5.69 Å². The lowest BCUT2D eigenvalue weighted by molar-refractivity contribution is 0.866. The van der Waals surface area contributed by atoms with Gasteiger partial charge in [-0.3, -0.25) is 0 Å². The van der Waals surface area contributed by atoms with Gasteiger partial charge in [0.2, 0.25) is 0 Å². The van der Waals surface area contributed by atoms with Crippen LogP contribution in [0, 0.1) is 6.92 Å². The molecule has 0 bridgehead atoms. The summed E-state index contributed by atoms with van der Waals surface area (Å²) >= 11 is 1.91. The topological polar surface area (TPSA) is 3.24 Å². The first-order valence-electron chi connectivity index (χ1n) is 8.25. The van der Waals surface area contributed by atoms with Gasteiger partial charge < -0.3 is 4.90 Å². The van der Waals surface area contributed by atoms with Crippen LogP contribution in [0.15, 0.2) is 60.7 Å². The molecule has 2 heteroatoms. The molecule has 3 aromatic rings. The Kier molecular flexibility index (Phi) is 4.82. The molecular weight excluding hydrogens is 298 g/mol. The Bertz CT molecular complexity index is 755. The highest BCUT2D eigenvalue weighted by Gasteiger charge is 2.20. The number of thiophene rings is 1. The second kappa shape index (κ2) is 7.01. The summed E-state index contributed by atoms with van der Waals surface area (Å²) in [5.41, 5.74) is 5.41. The molecule has 0 atom stereocenters. The zero-order valence-electron chi connectivity index (χ0n) is 14.0. The molecule has 0 aliphatic rings. The lowest BCUT2D eigenvalue weighted by atomic mass is 10.1. The summed E-state index contributed by atoms with van der Waals surface area (Å²) in [6.07, 6.45) is 0. The van der Waals surface area contributed by atoms with Gasteiger partial charge in [0.1, 0.15) is 0 Å². The summed E-state index contributed by atoms with van der Waals surface area (Å²) < 4.78 is 0. The van der Waals surface area contributed by atoms with E-state index < -0.39 is 0 Å². The fourth-order valence-electron chi connectivity index (χ4n) is 3.08. The van der Waals surface area contributed by atoms with Crippen LogP contribution in [-0.2, 0) is 0 Å². The Morgan fingerprint density at radius 1 is 0.739 bits per heavy atom. The number of nitrogens with zero attached hydrogens (tertiary/aromatic N) is 1. The first-order chi connectivity index (χ1) is 11.3. The van der Waals surface area contributed by atoms with Gasteiger partial charge in [-0.1, -0.05) is 60.7 Å². The van der Waals surface area contributed by atoms with Gasteiger partial charge in [-0.05, 0) is 37.5 Å². The highest BCUT2D eigenvalue weighted by Crippen LogP contribution is 2.46. The van der Waals surface area contributed by atoms with Crippen molar-refractivity contribution in [1.82, 2.24) is 0 Å². The molecule has 0 unspecified atom stereocenters. The maximum Gasteiger partial charge on any atom is 0.0591 e. The highest BCUT2D eigenvalue weighted by molar-refractivity contribution is 7.19. The van der Waals surface area contributed by atoms with E-state index in [1.54, 1.807) is 0 Å². The van der Waals surface area contributed by atoms with Gasteiger partial charge in [0.05, 0.1) is 10.6 Å². The summed E-state index contributed by atoms with van der Waals surface area (Å²) in [5.74, 6) is 0. The van der Waals surface area contributed by atoms with Crippen LogP contribution >= 0.6 is 11.3 Å². The molecule has 23 heavy (non-hydrogen) atoms. The number of hydrogen-bond acceptors (Lipinski definition) is 2. The molecular formula is C21H23NS. The van der Waals surface area contributed by atoms with Crippen LogP contribution in [0.25, 0.3) is 20.9 Å². The SMILES string of the molecule is CCN(CC)c1c(-c2ccccc2)sc(-c2ccccc2)c1C. The van der Waals surface area contributed by atoms with Gasteiger partial charge in [-0.15, -0.1) is 11.3 Å². The van der Waals surface area contributed by atoms with E-state index in [1.165, 1.54) is 32.1 Å². The summed E-state index contributed by atoms with van der Waals surface area (Å²) in [6, 6.07) is 21.5. The molecule has 0 amide bonds. The summed E-state index contributed by atoms with van der Waals surface area (Å²) in [5, 5.41) is 0. The predicted molar refractivity (Wildman–Crippen MR) is 103 cm³/mol.